The molecule has 0 unspecified atom stereocenters. The molecule has 0 aliphatic rings. The van der Waals surface area contributed by atoms with Gasteiger partial charge in [-0.3, -0.25) is 4.57 Å². The van der Waals surface area contributed by atoms with E-state index in [1.54, 1.807) is 0 Å². The van der Waals surface area contributed by atoms with E-state index in [1.165, 1.54) is 11.1 Å². The van der Waals surface area contributed by atoms with Crippen LogP contribution in [0.2, 0.25) is 0 Å². The molecule has 0 aliphatic carbocycles. The summed E-state index contributed by atoms with van der Waals surface area (Å²) in [6.45, 7) is 8.88. The second-order valence-electron chi connectivity index (χ2n) is 9.94. The monoisotopic (exact) mass is 457 g/mol. The fraction of sp³-hybridized carbons (Fsp3) is 0.188. The molecule has 0 saturated heterocycles. The standard InChI is InChI=1S/C32H31N3/c1-5-23-15-21-27(22-16-23)35-30(25-17-19-26(20-18-25)32(2,3)4)33-34-31(35)29-14-10-9-13-28(29)24-11-7-6-8-12-24/h6-22H,5H2,1-4H3. The van der Waals surface area contributed by atoms with Crippen LogP contribution in [-0.4, -0.2) is 14.8 Å². The first-order valence-corrected chi connectivity index (χ1v) is 12.3. The van der Waals surface area contributed by atoms with Crippen LogP contribution in [0.5, 0.6) is 0 Å². The Bertz CT molecular complexity index is 1420. The summed E-state index contributed by atoms with van der Waals surface area (Å²) in [5.74, 6) is 1.68. The molecule has 0 radical (unpaired) electrons. The highest BCUT2D eigenvalue weighted by molar-refractivity contribution is 5.82. The Kier molecular flexibility index (Phi) is 6.08. The summed E-state index contributed by atoms with van der Waals surface area (Å²) < 4.78 is 2.19. The predicted molar refractivity (Wildman–Crippen MR) is 146 cm³/mol. The number of benzene rings is 4. The van der Waals surface area contributed by atoms with Gasteiger partial charge in [-0.05, 0) is 46.2 Å². The third kappa shape index (κ3) is 4.54. The van der Waals surface area contributed by atoms with Crippen molar-refractivity contribution in [2.75, 3.05) is 0 Å². The highest BCUT2D eigenvalue weighted by Crippen LogP contribution is 2.35. The molecule has 5 rings (SSSR count). The molecule has 35 heavy (non-hydrogen) atoms. The van der Waals surface area contributed by atoms with E-state index >= 15 is 0 Å². The molecule has 0 atom stereocenters. The molecule has 3 heteroatoms. The summed E-state index contributed by atoms with van der Waals surface area (Å²) in [5.41, 5.74) is 8.17. The van der Waals surface area contributed by atoms with Gasteiger partial charge in [-0.2, -0.15) is 0 Å². The molecule has 1 aromatic heterocycles. The van der Waals surface area contributed by atoms with E-state index in [-0.39, 0.29) is 5.41 Å². The van der Waals surface area contributed by atoms with E-state index < -0.39 is 0 Å². The fourth-order valence-corrected chi connectivity index (χ4v) is 4.44. The first-order chi connectivity index (χ1) is 17.0. The third-order valence-electron chi connectivity index (χ3n) is 6.53. The topological polar surface area (TPSA) is 30.7 Å². The van der Waals surface area contributed by atoms with Crippen molar-refractivity contribution in [3.8, 4) is 39.6 Å². The largest absolute Gasteiger partial charge is 0.275 e. The molecule has 1 heterocycles. The zero-order chi connectivity index (χ0) is 24.4. The van der Waals surface area contributed by atoms with Gasteiger partial charge in [0.15, 0.2) is 11.6 Å². The van der Waals surface area contributed by atoms with Crippen molar-refractivity contribution >= 4 is 0 Å². The van der Waals surface area contributed by atoms with Gasteiger partial charge >= 0.3 is 0 Å². The lowest BCUT2D eigenvalue weighted by molar-refractivity contribution is 0.590. The highest BCUT2D eigenvalue weighted by atomic mass is 15.3. The van der Waals surface area contributed by atoms with E-state index in [9.17, 15) is 0 Å². The summed E-state index contributed by atoms with van der Waals surface area (Å²) in [6, 6.07) is 36.3. The Hall–Kier alpha value is -3.98. The van der Waals surface area contributed by atoms with Crippen molar-refractivity contribution < 1.29 is 0 Å². The third-order valence-corrected chi connectivity index (χ3v) is 6.53. The molecule has 0 N–H and O–H groups in total. The molecule has 174 valence electrons. The lowest BCUT2D eigenvalue weighted by Crippen LogP contribution is -2.10. The van der Waals surface area contributed by atoms with Gasteiger partial charge in [-0.15, -0.1) is 10.2 Å². The smallest absolute Gasteiger partial charge is 0.169 e. The van der Waals surface area contributed by atoms with Crippen LogP contribution in [0.4, 0.5) is 0 Å². The van der Waals surface area contributed by atoms with Gasteiger partial charge in [0.1, 0.15) is 0 Å². The van der Waals surface area contributed by atoms with Crippen molar-refractivity contribution in [2.24, 2.45) is 0 Å². The quantitative estimate of drug-likeness (QED) is 0.267. The molecule has 3 nitrogen and oxygen atoms in total. The van der Waals surface area contributed by atoms with Gasteiger partial charge in [-0.25, -0.2) is 0 Å². The average molecular weight is 458 g/mol. The lowest BCUT2D eigenvalue weighted by Gasteiger charge is -2.19. The van der Waals surface area contributed by atoms with Crippen molar-refractivity contribution in [1.82, 2.24) is 14.8 Å². The van der Waals surface area contributed by atoms with Crippen molar-refractivity contribution in [2.45, 2.75) is 39.5 Å². The van der Waals surface area contributed by atoms with Gasteiger partial charge in [0.25, 0.3) is 0 Å². The van der Waals surface area contributed by atoms with Crippen LogP contribution in [0, 0.1) is 0 Å². The van der Waals surface area contributed by atoms with Crippen LogP contribution in [0.1, 0.15) is 38.8 Å². The van der Waals surface area contributed by atoms with E-state index in [1.807, 2.05) is 6.07 Å². The highest BCUT2D eigenvalue weighted by Gasteiger charge is 2.21. The summed E-state index contributed by atoms with van der Waals surface area (Å²) in [7, 11) is 0. The van der Waals surface area contributed by atoms with E-state index in [0.29, 0.717) is 0 Å². The summed E-state index contributed by atoms with van der Waals surface area (Å²) >= 11 is 0. The van der Waals surface area contributed by atoms with Crippen LogP contribution in [0.3, 0.4) is 0 Å². The minimum atomic E-state index is 0.0992. The molecule has 0 fully saturated rings. The SMILES string of the molecule is CCc1ccc(-n2c(-c3ccc(C(C)(C)C)cc3)nnc2-c2ccccc2-c2ccccc2)cc1. The molecule has 0 bridgehead atoms. The molecular formula is C32H31N3. The number of hydrogen-bond acceptors (Lipinski definition) is 2. The number of aromatic nitrogens is 3. The minimum Gasteiger partial charge on any atom is -0.275 e. The number of rotatable bonds is 5. The Labute approximate surface area is 208 Å². The Balaban J connectivity index is 1.71. The second kappa shape index (κ2) is 9.34. The number of aryl methyl sites for hydroxylation is 1. The molecule has 5 aromatic rings. The van der Waals surface area contributed by atoms with Crippen LogP contribution in [0.25, 0.3) is 39.6 Å². The predicted octanol–water partition coefficient (Wildman–Crippen LogP) is 8.13. The van der Waals surface area contributed by atoms with Gasteiger partial charge in [0.05, 0.1) is 0 Å². The zero-order valence-electron chi connectivity index (χ0n) is 20.9. The van der Waals surface area contributed by atoms with E-state index in [0.717, 1.165) is 46.0 Å². The maximum atomic E-state index is 4.75. The second-order valence-corrected chi connectivity index (χ2v) is 9.94. The van der Waals surface area contributed by atoms with Gasteiger partial charge < -0.3 is 0 Å². The van der Waals surface area contributed by atoms with E-state index in [2.05, 4.69) is 129 Å². The number of hydrogen-bond donors (Lipinski definition) is 0. The maximum Gasteiger partial charge on any atom is 0.169 e. The Morgan fingerprint density at radius 1 is 0.600 bits per heavy atom. The molecule has 0 aliphatic heterocycles. The summed E-state index contributed by atoms with van der Waals surface area (Å²) in [4.78, 5) is 0. The maximum absolute atomic E-state index is 4.75. The van der Waals surface area contributed by atoms with Gasteiger partial charge in [0, 0.05) is 16.8 Å². The van der Waals surface area contributed by atoms with Crippen molar-refractivity contribution in [1.29, 1.82) is 0 Å². The Morgan fingerprint density at radius 2 is 1.20 bits per heavy atom. The van der Waals surface area contributed by atoms with Gasteiger partial charge in [0.2, 0.25) is 0 Å². The molecule has 0 saturated carbocycles. The lowest BCUT2D eigenvalue weighted by atomic mass is 9.86. The summed E-state index contributed by atoms with van der Waals surface area (Å²) in [6.07, 6.45) is 1.01. The van der Waals surface area contributed by atoms with Crippen molar-refractivity contribution in [3.63, 3.8) is 0 Å². The average Bonchev–Trinajstić information content (AvgIpc) is 3.34. The molecule has 0 amide bonds. The first kappa shape index (κ1) is 22.8. The zero-order valence-corrected chi connectivity index (χ0v) is 20.9. The molecule has 4 aromatic carbocycles. The fourth-order valence-electron chi connectivity index (χ4n) is 4.44. The normalized spacial score (nSPS) is 11.5. The van der Waals surface area contributed by atoms with Crippen molar-refractivity contribution in [3.05, 3.63) is 114 Å². The van der Waals surface area contributed by atoms with Crippen LogP contribution >= 0.6 is 0 Å². The van der Waals surface area contributed by atoms with Gasteiger partial charge in [-0.1, -0.05) is 119 Å². The number of nitrogens with zero attached hydrogens (tertiary/aromatic N) is 3. The molecular weight excluding hydrogens is 426 g/mol. The summed E-state index contributed by atoms with van der Waals surface area (Å²) in [5, 5.41) is 9.47. The minimum absolute atomic E-state index is 0.0992. The van der Waals surface area contributed by atoms with Crippen LogP contribution in [0.15, 0.2) is 103 Å². The Morgan fingerprint density at radius 3 is 1.83 bits per heavy atom. The first-order valence-electron chi connectivity index (χ1n) is 12.3. The van der Waals surface area contributed by atoms with Crippen LogP contribution in [-0.2, 0) is 11.8 Å². The van der Waals surface area contributed by atoms with Crippen LogP contribution < -0.4 is 0 Å². The molecule has 0 spiro atoms. The van der Waals surface area contributed by atoms with E-state index in [4.69, 9.17) is 10.2 Å².